The number of carbonyl (C=O) groups is 1. The van der Waals surface area contributed by atoms with Gasteiger partial charge in [0.15, 0.2) is 0 Å². The number of hydrogen-bond acceptors (Lipinski definition) is 7. The van der Waals surface area contributed by atoms with Crippen LogP contribution in [0.4, 0.5) is 5.69 Å². The molecule has 4 rings (SSSR count). The van der Waals surface area contributed by atoms with Gasteiger partial charge in [-0.25, -0.2) is 4.68 Å². The zero-order valence-corrected chi connectivity index (χ0v) is 17.1. The smallest absolute Gasteiger partial charge is 0.240 e. The first-order valence-electron chi connectivity index (χ1n) is 9.03. The first-order valence-corrected chi connectivity index (χ1v) is 9.91. The van der Waals surface area contributed by atoms with Gasteiger partial charge in [-0.15, -0.1) is 10.2 Å². The van der Waals surface area contributed by atoms with Crippen LogP contribution in [0.3, 0.4) is 0 Å². The molecule has 1 aliphatic rings. The maximum absolute atomic E-state index is 13.2. The Kier molecular flexibility index (Phi) is 5.30. The van der Waals surface area contributed by atoms with Crippen molar-refractivity contribution in [2.24, 2.45) is 0 Å². The summed E-state index contributed by atoms with van der Waals surface area (Å²) in [4.78, 5) is 13.2. The molecule has 0 unspecified atom stereocenters. The predicted molar refractivity (Wildman–Crippen MR) is 111 cm³/mol. The zero-order valence-electron chi connectivity index (χ0n) is 16.2. The van der Waals surface area contributed by atoms with Gasteiger partial charge in [-0.05, 0) is 48.9 Å². The lowest BCUT2D eigenvalue weighted by Gasteiger charge is -2.32. The standard InChI is InChI=1S/C20H21N5O3S/c1-12-22-23-20-25(12)24-17(13-4-8-15(27-2)9-5-13)18(29-20)19(26)21-14-6-10-16(28-3)11-7-14/h4-11,17-18,24H,1-3H3,(H,21,26)/t17-,18+/m1/s1. The maximum Gasteiger partial charge on any atom is 0.240 e. The van der Waals surface area contributed by atoms with Gasteiger partial charge < -0.3 is 20.2 Å². The molecule has 1 amide bonds. The molecule has 2 atom stereocenters. The van der Waals surface area contributed by atoms with Gasteiger partial charge in [0.25, 0.3) is 0 Å². The number of nitrogens with zero attached hydrogens (tertiary/aromatic N) is 3. The average Bonchev–Trinajstić information content (AvgIpc) is 3.13. The van der Waals surface area contributed by atoms with E-state index in [1.165, 1.54) is 11.8 Å². The van der Waals surface area contributed by atoms with Crippen molar-refractivity contribution in [2.75, 3.05) is 25.0 Å². The summed E-state index contributed by atoms with van der Waals surface area (Å²) in [5.41, 5.74) is 5.05. The quantitative estimate of drug-likeness (QED) is 0.667. The van der Waals surface area contributed by atoms with E-state index in [2.05, 4.69) is 20.9 Å². The Balaban J connectivity index is 1.62. The number of amides is 1. The summed E-state index contributed by atoms with van der Waals surface area (Å²) in [7, 11) is 3.23. The van der Waals surface area contributed by atoms with E-state index in [0.29, 0.717) is 10.8 Å². The molecule has 2 aromatic carbocycles. The molecule has 9 heteroatoms. The maximum atomic E-state index is 13.2. The number of aromatic nitrogens is 3. The largest absolute Gasteiger partial charge is 0.497 e. The Hall–Kier alpha value is -3.20. The van der Waals surface area contributed by atoms with Crippen LogP contribution in [0.5, 0.6) is 11.5 Å². The molecule has 2 heterocycles. The van der Waals surface area contributed by atoms with Crippen LogP contribution in [0, 0.1) is 6.92 Å². The summed E-state index contributed by atoms with van der Waals surface area (Å²) in [6.45, 7) is 1.87. The van der Waals surface area contributed by atoms with Crippen molar-refractivity contribution < 1.29 is 14.3 Å². The predicted octanol–water partition coefficient (Wildman–Crippen LogP) is 3.00. The molecule has 0 bridgehead atoms. The summed E-state index contributed by atoms with van der Waals surface area (Å²) in [6, 6.07) is 14.6. The van der Waals surface area contributed by atoms with Gasteiger partial charge >= 0.3 is 0 Å². The molecular weight excluding hydrogens is 390 g/mol. The van der Waals surface area contributed by atoms with Crippen LogP contribution in [-0.2, 0) is 4.79 Å². The highest BCUT2D eigenvalue weighted by Gasteiger charge is 2.37. The Bertz CT molecular complexity index is 1000. The van der Waals surface area contributed by atoms with Gasteiger partial charge in [0.1, 0.15) is 22.6 Å². The molecule has 2 N–H and O–H groups in total. The monoisotopic (exact) mass is 411 g/mol. The first-order chi connectivity index (χ1) is 14.1. The van der Waals surface area contributed by atoms with Crippen molar-refractivity contribution in [3.05, 3.63) is 59.9 Å². The second kappa shape index (κ2) is 8.04. The molecule has 0 saturated carbocycles. The first kappa shape index (κ1) is 19.1. The van der Waals surface area contributed by atoms with Crippen LogP contribution in [0.15, 0.2) is 53.7 Å². The third-order valence-electron chi connectivity index (χ3n) is 4.69. The number of methoxy groups -OCH3 is 2. The van der Waals surface area contributed by atoms with Crippen LogP contribution in [-0.4, -0.2) is 40.3 Å². The van der Waals surface area contributed by atoms with Gasteiger partial charge in [0.2, 0.25) is 11.1 Å². The van der Waals surface area contributed by atoms with E-state index >= 15 is 0 Å². The lowest BCUT2D eigenvalue weighted by molar-refractivity contribution is -0.116. The molecular formula is C20H21N5O3S. The highest BCUT2D eigenvalue weighted by atomic mass is 32.2. The topological polar surface area (TPSA) is 90.3 Å². The molecule has 3 aromatic rings. The number of rotatable bonds is 5. The van der Waals surface area contributed by atoms with Gasteiger partial charge in [0, 0.05) is 5.69 Å². The number of anilines is 1. The molecule has 0 aliphatic carbocycles. The van der Waals surface area contributed by atoms with E-state index in [-0.39, 0.29) is 11.9 Å². The average molecular weight is 411 g/mol. The molecule has 8 nitrogen and oxygen atoms in total. The number of hydrogen-bond donors (Lipinski definition) is 2. The fraction of sp³-hybridized carbons (Fsp3) is 0.250. The van der Waals surface area contributed by atoms with Crippen molar-refractivity contribution in [3.8, 4) is 11.5 Å². The van der Waals surface area contributed by atoms with E-state index in [1.807, 2.05) is 60.1 Å². The Morgan fingerprint density at radius 1 is 1.03 bits per heavy atom. The minimum Gasteiger partial charge on any atom is -0.497 e. The Morgan fingerprint density at radius 2 is 1.66 bits per heavy atom. The summed E-state index contributed by atoms with van der Waals surface area (Å²) in [5.74, 6) is 2.11. The fourth-order valence-electron chi connectivity index (χ4n) is 3.11. The number of thioether (sulfide) groups is 1. The molecule has 1 aliphatic heterocycles. The summed E-state index contributed by atoms with van der Waals surface area (Å²) < 4.78 is 12.2. The van der Waals surface area contributed by atoms with Crippen LogP contribution >= 0.6 is 11.8 Å². The van der Waals surface area contributed by atoms with E-state index in [1.54, 1.807) is 14.2 Å². The molecule has 0 spiro atoms. The van der Waals surface area contributed by atoms with Crippen molar-refractivity contribution >= 4 is 23.4 Å². The minimum absolute atomic E-state index is 0.125. The fourth-order valence-corrected chi connectivity index (χ4v) is 4.23. The summed E-state index contributed by atoms with van der Waals surface area (Å²) in [5, 5.41) is 11.5. The lowest BCUT2D eigenvalue weighted by atomic mass is 10.0. The van der Waals surface area contributed by atoms with Crippen LogP contribution < -0.4 is 20.2 Å². The summed E-state index contributed by atoms with van der Waals surface area (Å²) >= 11 is 1.38. The Morgan fingerprint density at radius 3 is 2.28 bits per heavy atom. The van der Waals surface area contributed by atoms with Crippen LogP contribution in [0.1, 0.15) is 17.4 Å². The van der Waals surface area contributed by atoms with Gasteiger partial charge in [-0.1, -0.05) is 23.9 Å². The van der Waals surface area contributed by atoms with E-state index < -0.39 is 5.25 Å². The molecule has 0 saturated heterocycles. The number of benzene rings is 2. The number of aryl methyl sites for hydroxylation is 1. The summed E-state index contributed by atoms with van der Waals surface area (Å²) in [6.07, 6.45) is 0. The zero-order chi connectivity index (χ0) is 20.4. The van der Waals surface area contributed by atoms with Gasteiger partial charge in [-0.3, -0.25) is 4.79 Å². The van der Waals surface area contributed by atoms with E-state index in [9.17, 15) is 4.79 Å². The molecule has 1 aromatic heterocycles. The van der Waals surface area contributed by atoms with Crippen LogP contribution in [0.25, 0.3) is 0 Å². The highest BCUT2D eigenvalue weighted by Crippen LogP contribution is 2.38. The van der Waals surface area contributed by atoms with Crippen molar-refractivity contribution in [3.63, 3.8) is 0 Å². The molecule has 150 valence electrons. The molecule has 29 heavy (non-hydrogen) atoms. The number of carbonyl (C=O) groups excluding carboxylic acids is 1. The van der Waals surface area contributed by atoms with Crippen molar-refractivity contribution in [1.29, 1.82) is 0 Å². The minimum atomic E-state index is -0.443. The third kappa shape index (κ3) is 3.86. The van der Waals surface area contributed by atoms with E-state index in [4.69, 9.17) is 9.47 Å². The van der Waals surface area contributed by atoms with Crippen molar-refractivity contribution in [2.45, 2.75) is 23.4 Å². The number of nitrogens with one attached hydrogen (secondary N) is 2. The van der Waals surface area contributed by atoms with E-state index in [0.717, 1.165) is 22.9 Å². The van der Waals surface area contributed by atoms with Crippen molar-refractivity contribution in [1.82, 2.24) is 14.9 Å². The normalized spacial score (nSPS) is 17.8. The second-order valence-corrected chi connectivity index (χ2v) is 7.61. The second-order valence-electron chi connectivity index (χ2n) is 6.50. The number of fused-ring (bicyclic) bond motifs is 1. The molecule has 0 radical (unpaired) electrons. The van der Waals surface area contributed by atoms with Gasteiger partial charge in [0.05, 0.1) is 20.3 Å². The number of ether oxygens (including phenoxy) is 2. The molecule has 0 fully saturated rings. The third-order valence-corrected chi connectivity index (χ3v) is 5.90. The lowest BCUT2D eigenvalue weighted by Crippen LogP contribution is -2.41. The van der Waals surface area contributed by atoms with Crippen LogP contribution in [0.2, 0.25) is 0 Å². The highest BCUT2D eigenvalue weighted by molar-refractivity contribution is 8.00. The van der Waals surface area contributed by atoms with Gasteiger partial charge in [-0.2, -0.15) is 0 Å². The SMILES string of the molecule is COc1ccc(NC(=O)[C@H]2Sc3nnc(C)n3N[C@@H]2c2ccc(OC)cc2)cc1. The Labute approximate surface area is 172 Å².